The van der Waals surface area contributed by atoms with Gasteiger partial charge in [-0.15, -0.1) is 0 Å². The number of pyridine rings is 1. The first-order chi connectivity index (χ1) is 10.2. The van der Waals surface area contributed by atoms with Crippen LogP contribution in [0, 0.1) is 6.92 Å². The second kappa shape index (κ2) is 7.79. The molecule has 0 atom stereocenters. The fourth-order valence-electron chi connectivity index (χ4n) is 2.43. The van der Waals surface area contributed by atoms with E-state index in [9.17, 15) is 0 Å². The molecule has 0 fully saturated rings. The number of aryl methyl sites for hydroxylation is 1. The number of rotatable bonds is 7. The number of benzene rings is 1. The van der Waals surface area contributed by atoms with E-state index in [1.54, 1.807) is 0 Å². The summed E-state index contributed by atoms with van der Waals surface area (Å²) in [5, 5.41) is 3.39. The number of hydrogen-bond acceptors (Lipinski definition) is 3. The lowest BCUT2D eigenvalue weighted by atomic mass is 10.1. The average molecular weight is 283 g/mol. The Morgan fingerprint density at radius 2 is 1.86 bits per heavy atom. The Balaban J connectivity index is 2.13. The lowest BCUT2D eigenvalue weighted by Crippen LogP contribution is -2.22. The molecule has 0 amide bonds. The van der Waals surface area contributed by atoms with Crippen LogP contribution in [0.1, 0.15) is 30.5 Å². The Hall–Kier alpha value is -1.87. The molecule has 0 unspecified atom stereocenters. The molecule has 21 heavy (non-hydrogen) atoms. The Morgan fingerprint density at radius 3 is 2.48 bits per heavy atom. The molecule has 0 aliphatic rings. The number of aromatic nitrogens is 1. The third kappa shape index (κ3) is 4.30. The molecule has 0 aliphatic heterocycles. The Labute approximate surface area is 128 Å². The van der Waals surface area contributed by atoms with Crippen LogP contribution >= 0.6 is 0 Å². The number of anilines is 1. The quantitative estimate of drug-likeness (QED) is 0.842. The van der Waals surface area contributed by atoms with Gasteiger partial charge in [0.15, 0.2) is 0 Å². The maximum Gasteiger partial charge on any atom is 0.0430 e. The highest BCUT2D eigenvalue weighted by Crippen LogP contribution is 2.21. The van der Waals surface area contributed by atoms with Gasteiger partial charge in [-0.1, -0.05) is 13.0 Å². The fraction of sp³-hybridized carbons (Fsp3) is 0.389. The van der Waals surface area contributed by atoms with Gasteiger partial charge in [-0.2, -0.15) is 0 Å². The van der Waals surface area contributed by atoms with Crippen molar-refractivity contribution in [3.63, 3.8) is 0 Å². The molecule has 1 N–H and O–H groups in total. The van der Waals surface area contributed by atoms with E-state index >= 15 is 0 Å². The summed E-state index contributed by atoms with van der Waals surface area (Å²) in [6.07, 6.45) is 3.71. The first kappa shape index (κ1) is 15.5. The zero-order valence-corrected chi connectivity index (χ0v) is 13.3. The molecule has 0 spiro atoms. The van der Waals surface area contributed by atoms with Crippen LogP contribution in [0.2, 0.25) is 0 Å². The predicted octanol–water partition coefficient (Wildman–Crippen LogP) is 3.53. The maximum atomic E-state index is 4.08. The van der Waals surface area contributed by atoms with Gasteiger partial charge in [0.25, 0.3) is 0 Å². The first-order valence-corrected chi connectivity index (χ1v) is 7.68. The number of hydrogen-bond donors (Lipinski definition) is 1. The van der Waals surface area contributed by atoms with Crippen LogP contribution in [-0.4, -0.2) is 18.1 Å². The van der Waals surface area contributed by atoms with Crippen molar-refractivity contribution < 1.29 is 0 Å². The summed E-state index contributed by atoms with van der Waals surface area (Å²) in [5.41, 5.74) is 5.30. The van der Waals surface area contributed by atoms with Gasteiger partial charge >= 0.3 is 0 Å². The lowest BCUT2D eigenvalue weighted by Gasteiger charge is -2.24. The van der Waals surface area contributed by atoms with Crippen LogP contribution < -0.4 is 10.2 Å². The molecule has 1 aromatic carbocycles. The molecular weight excluding hydrogens is 258 g/mol. The third-order valence-electron chi connectivity index (χ3n) is 3.76. The van der Waals surface area contributed by atoms with Gasteiger partial charge in [-0.25, -0.2) is 0 Å². The summed E-state index contributed by atoms with van der Waals surface area (Å²) >= 11 is 0. The molecule has 0 bridgehead atoms. The smallest absolute Gasteiger partial charge is 0.0430 e. The lowest BCUT2D eigenvalue weighted by molar-refractivity contribution is 0.723. The molecule has 112 valence electrons. The highest BCUT2D eigenvalue weighted by atomic mass is 15.1. The van der Waals surface area contributed by atoms with Gasteiger partial charge in [0.05, 0.1) is 0 Å². The molecule has 2 aromatic rings. The van der Waals surface area contributed by atoms with Crippen LogP contribution in [0.3, 0.4) is 0 Å². The van der Waals surface area contributed by atoms with E-state index in [1.165, 1.54) is 22.4 Å². The minimum absolute atomic E-state index is 0.922. The van der Waals surface area contributed by atoms with E-state index in [4.69, 9.17) is 0 Å². The minimum Gasteiger partial charge on any atom is -0.367 e. The molecule has 0 saturated heterocycles. The zero-order chi connectivity index (χ0) is 15.1. The normalized spacial score (nSPS) is 10.6. The third-order valence-corrected chi connectivity index (χ3v) is 3.76. The number of nitrogens with one attached hydrogen (secondary N) is 1. The summed E-state index contributed by atoms with van der Waals surface area (Å²) in [7, 11) is 0. The minimum atomic E-state index is 0.922. The molecule has 0 radical (unpaired) electrons. The fourth-order valence-corrected chi connectivity index (χ4v) is 2.43. The first-order valence-electron chi connectivity index (χ1n) is 7.68. The number of nitrogens with zero attached hydrogens (tertiary/aromatic N) is 2. The van der Waals surface area contributed by atoms with Crippen molar-refractivity contribution in [2.24, 2.45) is 0 Å². The standard InChI is InChI=1S/C18H25N3/c1-4-19-13-17-6-7-18(12-15(17)3)21(5-2)14-16-8-10-20-11-9-16/h6-12,19H,4-5,13-14H2,1-3H3. The largest absolute Gasteiger partial charge is 0.367 e. The van der Waals surface area contributed by atoms with Crippen LogP contribution in [0.4, 0.5) is 5.69 Å². The van der Waals surface area contributed by atoms with E-state index < -0.39 is 0 Å². The van der Waals surface area contributed by atoms with Gasteiger partial charge in [0, 0.05) is 37.7 Å². The molecular formula is C18H25N3. The predicted molar refractivity (Wildman–Crippen MR) is 89.5 cm³/mol. The Morgan fingerprint density at radius 1 is 1.10 bits per heavy atom. The second-order valence-corrected chi connectivity index (χ2v) is 5.26. The average Bonchev–Trinajstić information content (AvgIpc) is 2.52. The van der Waals surface area contributed by atoms with E-state index in [0.717, 1.165) is 26.2 Å². The van der Waals surface area contributed by atoms with E-state index in [-0.39, 0.29) is 0 Å². The van der Waals surface area contributed by atoms with Crippen molar-refractivity contribution in [1.82, 2.24) is 10.3 Å². The van der Waals surface area contributed by atoms with E-state index in [1.807, 2.05) is 12.4 Å². The van der Waals surface area contributed by atoms with Crippen LogP contribution in [0.25, 0.3) is 0 Å². The van der Waals surface area contributed by atoms with Crippen molar-refractivity contribution in [3.8, 4) is 0 Å². The van der Waals surface area contributed by atoms with Crippen molar-refractivity contribution in [2.75, 3.05) is 18.0 Å². The Bertz CT molecular complexity index is 552. The van der Waals surface area contributed by atoms with Gasteiger partial charge < -0.3 is 10.2 Å². The molecule has 0 aliphatic carbocycles. The molecule has 3 heteroatoms. The maximum absolute atomic E-state index is 4.08. The van der Waals surface area contributed by atoms with Gasteiger partial charge in [0.1, 0.15) is 0 Å². The summed E-state index contributed by atoms with van der Waals surface area (Å²) in [4.78, 5) is 6.47. The zero-order valence-electron chi connectivity index (χ0n) is 13.3. The van der Waals surface area contributed by atoms with Gasteiger partial charge in [-0.3, -0.25) is 4.98 Å². The van der Waals surface area contributed by atoms with Crippen LogP contribution in [-0.2, 0) is 13.1 Å². The van der Waals surface area contributed by atoms with E-state index in [0.29, 0.717) is 0 Å². The SMILES string of the molecule is CCNCc1ccc(N(CC)Cc2ccncc2)cc1C. The summed E-state index contributed by atoms with van der Waals surface area (Å²) in [6, 6.07) is 10.9. The van der Waals surface area contributed by atoms with Crippen molar-refractivity contribution in [1.29, 1.82) is 0 Å². The van der Waals surface area contributed by atoms with Crippen molar-refractivity contribution in [2.45, 2.75) is 33.9 Å². The van der Waals surface area contributed by atoms with Gasteiger partial charge in [0.2, 0.25) is 0 Å². The van der Waals surface area contributed by atoms with E-state index in [2.05, 4.69) is 66.3 Å². The Kier molecular flexibility index (Phi) is 5.76. The highest BCUT2D eigenvalue weighted by Gasteiger charge is 2.07. The molecule has 1 aromatic heterocycles. The summed E-state index contributed by atoms with van der Waals surface area (Å²) in [5.74, 6) is 0. The summed E-state index contributed by atoms with van der Waals surface area (Å²) in [6.45, 7) is 10.4. The van der Waals surface area contributed by atoms with Crippen molar-refractivity contribution >= 4 is 5.69 Å². The van der Waals surface area contributed by atoms with Gasteiger partial charge in [-0.05, 0) is 61.3 Å². The topological polar surface area (TPSA) is 28.2 Å². The molecule has 1 heterocycles. The van der Waals surface area contributed by atoms with Crippen LogP contribution in [0.5, 0.6) is 0 Å². The highest BCUT2D eigenvalue weighted by molar-refractivity contribution is 5.51. The van der Waals surface area contributed by atoms with Crippen LogP contribution in [0.15, 0.2) is 42.7 Å². The summed E-state index contributed by atoms with van der Waals surface area (Å²) < 4.78 is 0. The van der Waals surface area contributed by atoms with Crippen molar-refractivity contribution in [3.05, 3.63) is 59.4 Å². The molecule has 2 rings (SSSR count). The molecule has 3 nitrogen and oxygen atoms in total. The molecule has 0 saturated carbocycles. The monoisotopic (exact) mass is 283 g/mol. The second-order valence-electron chi connectivity index (χ2n) is 5.26.